The van der Waals surface area contributed by atoms with Crippen LogP contribution in [0.4, 0.5) is 0 Å². The lowest BCUT2D eigenvalue weighted by Crippen LogP contribution is -2.28. The van der Waals surface area contributed by atoms with Gasteiger partial charge in [0, 0.05) is 25.6 Å². The number of nitrogens with zero attached hydrogens (tertiary/aromatic N) is 1. The number of hydrogen-bond acceptors (Lipinski definition) is 4. The second-order valence-electron chi connectivity index (χ2n) is 4.42. The third-order valence-electron chi connectivity index (χ3n) is 2.91. The number of halogens is 1. The SMILES string of the molecule is COc1cc(C(=O)N(C)CCCC(=O)O)cc(Cl)c1OC. The Labute approximate surface area is 128 Å². The topological polar surface area (TPSA) is 76.1 Å². The molecule has 0 heterocycles. The fourth-order valence-corrected chi connectivity index (χ4v) is 2.12. The van der Waals surface area contributed by atoms with Crippen molar-refractivity contribution in [3.8, 4) is 11.5 Å². The molecule has 0 fully saturated rings. The molecule has 0 aliphatic carbocycles. The van der Waals surface area contributed by atoms with Crippen LogP contribution in [0.25, 0.3) is 0 Å². The van der Waals surface area contributed by atoms with Crippen LogP contribution in [0.5, 0.6) is 11.5 Å². The van der Waals surface area contributed by atoms with Gasteiger partial charge < -0.3 is 19.5 Å². The van der Waals surface area contributed by atoms with Crippen LogP contribution < -0.4 is 9.47 Å². The van der Waals surface area contributed by atoms with Gasteiger partial charge in [-0.25, -0.2) is 0 Å². The van der Waals surface area contributed by atoms with Crippen LogP contribution in [0.2, 0.25) is 5.02 Å². The first-order valence-corrected chi connectivity index (χ1v) is 6.67. The predicted octanol–water partition coefficient (Wildman–Crippen LogP) is 2.29. The summed E-state index contributed by atoms with van der Waals surface area (Å²) >= 11 is 6.05. The number of carboxylic acids is 1. The maximum absolute atomic E-state index is 12.3. The Morgan fingerprint density at radius 2 is 1.95 bits per heavy atom. The van der Waals surface area contributed by atoms with Gasteiger partial charge in [0.2, 0.25) is 0 Å². The van der Waals surface area contributed by atoms with E-state index in [4.69, 9.17) is 26.2 Å². The minimum atomic E-state index is -0.884. The number of carboxylic acid groups (broad SMARTS) is 1. The highest BCUT2D eigenvalue weighted by Crippen LogP contribution is 2.36. The third-order valence-corrected chi connectivity index (χ3v) is 3.19. The van der Waals surface area contributed by atoms with Crippen molar-refractivity contribution in [1.29, 1.82) is 0 Å². The first kappa shape index (κ1) is 17.1. The molecule has 1 N–H and O–H groups in total. The summed E-state index contributed by atoms with van der Waals surface area (Å²) in [7, 11) is 4.52. The summed E-state index contributed by atoms with van der Waals surface area (Å²) in [5.74, 6) is -0.412. The van der Waals surface area contributed by atoms with Gasteiger partial charge >= 0.3 is 5.97 Å². The molecule has 0 saturated carbocycles. The van der Waals surface area contributed by atoms with Crippen molar-refractivity contribution in [3.05, 3.63) is 22.7 Å². The summed E-state index contributed by atoms with van der Waals surface area (Å²) in [6.07, 6.45) is 0.406. The first-order valence-electron chi connectivity index (χ1n) is 6.29. The fourth-order valence-electron chi connectivity index (χ4n) is 1.83. The molecule has 0 saturated heterocycles. The molecule has 0 unspecified atom stereocenters. The van der Waals surface area contributed by atoms with Gasteiger partial charge in [-0.05, 0) is 18.6 Å². The van der Waals surface area contributed by atoms with Crippen LogP contribution in [0, 0.1) is 0 Å². The molecule has 0 bridgehead atoms. The Morgan fingerprint density at radius 1 is 1.29 bits per heavy atom. The first-order chi connectivity index (χ1) is 9.90. The van der Waals surface area contributed by atoms with Crippen molar-refractivity contribution in [2.45, 2.75) is 12.8 Å². The van der Waals surface area contributed by atoms with E-state index >= 15 is 0 Å². The van der Waals surface area contributed by atoms with E-state index in [-0.39, 0.29) is 17.4 Å². The Kier molecular flexibility index (Phi) is 6.30. The Hall–Kier alpha value is -1.95. The molecule has 0 aliphatic rings. The molecule has 0 spiro atoms. The molecule has 0 aliphatic heterocycles. The smallest absolute Gasteiger partial charge is 0.303 e. The number of carbonyl (C=O) groups excluding carboxylic acids is 1. The molecular weight excluding hydrogens is 298 g/mol. The third kappa shape index (κ3) is 4.53. The lowest BCUT2D eigenvalue weighted by atomic mass is 10.1. The molecule has 1 aromatic carbocycles. The summed E-state index contributed by atoms with van der Waals surface area (Å²) in [4.78, 5) is 24.2. The number of ether oxygens (including phenoxy) is 2. The minimum absolute atomic E-state index is 0.0182. The molecule has 0 atom stereocenters. The molecule has 0 aromatic heterocycles. The van der Waals surface area contributed by atoms with Crippen molar-refractivity contribution in [1.82, 2.24) is 4.90 Å². The van der Waals surface area contributed by atoms with E-state index in [1.807, 2.05) is 0 Å². The number of methoxy groups -OCH3 is 2. The van der Waals surface area contributed by atoms with Crippen molar-refractivity contribution < 1.29 is 24.2 Å². The van der Waals surface area contributed by atoms with Gasteiger partial charge in [0.25, 0.3) is 5.91 Å². The summed E-state index contributed by atoms with van der Waals surface area (Å²) < 4.78 is 10.2. The number of rotatable bonds is 7. The van der Waals surface area contributed by atoms with Crippen LogP contribution in [0.1, 0.15) is 23.2 Å². The van der Waals surface area contributed by atoms with E-state index in [0.717, 1.165) is 0 Å². The van der Waals surface area contributed by atoms with Crippen LogP contribution in [-0.2, 0) is 4.79 Å². The highest BCUT2D eigenvalue weighted by molar-refractivity contribution is 6.32. The molecule has 21 heavy (non-hydrogen) atoms. The second-order valence-corrected chi connectivity index (χ2v) is 4.82. The van der Waals surface area contributed by atoms with Gasteiger partial charge in [-0.2, -0.15) is 0 Å². The Bertz CT molecular complexity index is 532. The lowest BCUT2D eigenvalue weighted by molar-refractivity contribution is -0.137. The molecule has 1 rings (SSSR count). The zero-order chi connectivity index (χ0) is 16.0. The molecule has 1 aromatic rings. The van der Waals surface area contributed by atoms with Crippen molar-refractivity contribution in [2.24, 2.45) is 0 Å². The largest absolute Gasteiger partial charge is 0.493 e. The maximum Gasteiger partial charge on any atom is 0.303 e. The van der Waals surface area contributed by atoms with Gasteiger partial charge in [-0.1, -0.05) is 11.6 Å². The molecule has 6 nitrogen and oxygen atoms in total. The number of hydrogen-bond donors (Lipinski definition) is 1. The number of carbonyl (C=O) groups is 2. The van der Waals surface area contributed by atoms with E-state index in [2.05, 4.69) is 0 Å². The zero-order valence-corrected chi connectivity index (χ0v) is 12.9. The Balaban J connectivity index is 2.87. The predicted molar refractivity (Wildman–Crippen MR) is 78.4 cm³/mol. The van der Waals surface area contributed by atoms with E-state index < -0.39 is 5.97 Å². The highest BCUT2D eigenvalue weighted by Gasteiger charge is 2.17. The van der Waals surface area contributed by atoms with Gasteiger partial charge in [-0.3, -0.25) is 9.59 Å². The van der Waals surface area contributed by atoms with Crippen molar-refractivity contribution in [2.75, 3.05) is 27.8 Å². The van der Waals surface area contributed by atoms with Crippen molar-refractivity contribution >= 4 is 23.5 Å². The molecule has 1 amide bonds. The van der Waals surface area contributed by atoms with Crippen LogP contribution in [-0.4, -0.2) is 49.7 Å². The molecular formula is C14H18ClNO5. The number of amides is 1. The Morgan fingerprint density at radius 3 is 2.48 bits per heavy atom. The quantitative estimate of drug-likeness (QED) is 0.835. The standard InChI is InChI=1S/C14H18ClNO5/c1-16(6-4-5-12(17)18)14(19)9-7-10(15)13(21-3)11(8-9)20-2/h7-8H,4-6H2,1-3H3,(H,17,18). The maximum atomic E-state index is 12.3. The van der Waals surface area contributed by atoms with Crippen LogP contribution in [0.15, 0.2) is 12.1 Å². The van der Waals surface area contributed by atoms with E-state index in [0.29, 0.717) is 30.0 Å². The van der Waals surface area contributed by atoms with Gasteiger partial charge in [0.15, 0.2) is 11.5 Å². The summed E-state index contributed by atoms with van der Waals surface area (Å²) in [6, 6.07) is 3.04. The van der Waals surface area contributed by atoms with E-state index in [1.165, 1.54) is 25.2 Å². The molecule has 7 heteroatoms. The normalized spacial score (nSPS) is 10.1. The molecule has 0 radical (unpaired) electrons. The number of aliphatic carboxylic acids is 1. The number of benzene rings is 1. The van der Waals surface area contributed by atoms with E-state index in [9.17, 15) is 9.59 Å². The van der Waals surface area contributed by atoms with Crippen LogP contribution >= 0.6 is 11.6 Å². The summed E-state index contributed by atoms with van der Waals surface area (Å²) in [6.45, 7) is 0.344. The lowest BCUT2D eigenvalue weighted by Gasteiger charge is -2.18. The summed E-state index contributed by atoms with van der Waals surface area (Å²) in [5.41, 5.74) is 0.357. The second kappa shape index (κ2) is 7.73. The summed E-state index contributed by atoms with van der Waals surface area (Å²) in [5, 5.41) is 8.87. The van der Waals surface area contributed by atoms with E-state index in [1.54, 1.807) is 13.1 Å². The molecule has 116 valence electrons. The van der Waals surface area contributed by atoms with Crippen LogP contribution in [0.3, 0.4) is 0 Å². The average molecular weight is 316 g/mol. The van der Waals surface area contributed by atoms with Crippen molar-refractivity contribution in [3.63, 3.8) is 0 Å². The average Bonchev–Trinajstić information content (AvgIpc) is 2.44. The highest BCUT2D eigenvalue weighted by atomic mass is 35.5. The minimum Gasteiger partial charge on any atom is -0.493 e. The monoisotopic (exact) mass is 315 g/mol. The van der Waals surface area contributed by atoms with Gasteiger partial charge in [0.1, 0.15) is 0 Å². The fraction of sp³-hybridized carbons (Fsp3) is 0.429. The zero-order valence-electron chi connectivity index (χ0n) is 12.2. The van der Waals surface area contributed by atoms with Gasteiger partial charge in [-0.15, -0.1) is 0 Å². The van der Waals surface area contributed by atoms with Gasteiger partial charge in [0.05, 0.1) is 19.2 Å².